The van der Waals surface area contributed by atoms with Gasteiger partial charge in [0.05, 0.1) is 18.3 Å². The summed E-state index contributed by atoms with van der Waals surface area (Å²) in [5.74, 6) is 1.44. The highest BCUT2D eigenvalue weighted by Crippen LogP contribution is 2.20. The summed E-state index contributed by atoms with van der Waals surface area (Å²) in [5.41, 5.74) is 3.27. The predicted molar refractivity (Wildman–Crippen MR) is 124 cm³/mol. The van der Waals surface area contributed by atoms with Crippen LogP contribution in [-0.4, -0.2) is 55.1 Å². The summed E-state index contributed by atoms with van der Waals surface area (Å²) in [6, 6.07) is 17.2. The number of fused-ring (bicyclic) bond motifs is 1. The van der Waals surface area contributed by atoms with Crippen LogP contribution in [-0.2, 0) is 13.0 Å². The van der Waals surface area contributed by atoms with Crippen LogP contribution in [0.2, 0.25) is 0 Å². The second-order valence-electron chi connectivity index (χ2n) is 8.72. The van der Waals surface area contributed by atoms with Gasteiger partial charge in [0.25, 0.3) is 0 Å². The number of rotatable bonds is 8. The number of nitrogens with zero attached hydrogens (tertiary/aromatic N) is 3. The highest BCUT2D eigenvalue weighted by molar-refractivity contribution is 5.78. The van der Waals surface area contributed by atoms with E-state index >= 15 is 0 Å². The second-order valence-corrected chi connectivity index (χ2v) is 8.72. The maximum atomic E-state index is 13.4. The van der Waals surface area contributed by atoms with Crippen molar-refractivity contribution in [1.29, 1.82) is 0 Å². The van der Waals surface area contributed by atoms with Crippen molar-refractivity contribution in [1.82, 2.24) is 14.8 Å². The Bertz CT molecular complexity index is 984. The molecule has 1 fully saturated rings. The summed E-state index contributed by atoms with van der Waals surface area (Å²) in [4.78, 5) is 9.66. The Labute approximate surface area is 184 Å². The first-order chi connectivity index (χ1) is 15.1. The van der Waals surface area contributed by atoms with Gasteiger partial charge in [-0.2, -0.15) is 0 Å². The van der Waals surface area contributed by atoms with E-state index in [0.29, 0.717) is 0 Å². The van der Waals surface area contributed by atoms with E-state index in [1.165, 1.54) is 43.6 Å². The Morgan fingerprint density at radius 3 is 2.58 bits per heavy atom. The van der Waals surface area contributed by atoms with E-state index in [9.17, 15) is 4.39 Å². The Balaban J connectivity index is 1.20. The molecule has 31 heavy (non-hydrogen) atoms. The van der Waals surface area contributed by atoms with E-state index in [4.69, 9.17) is 9.72 Å². The topological polar surface area (TPSA) is 28.6 Å². The molecule has 1 saturated heterocycles. The number of pyridine rings is 1. The number of hydrogen-bond donors (Lipinski definition) is 0. The molecule has 0 spiro atoms. The minimum atomic E-state index is -0.213. The number of likely N-dealkylation sites (tertiary alicyclic amines) is 1. The van der Waals surface area contributed by atoms with E-state index in [-0.39, 0.29) is 5.82 Å². The molecule has 2 heterocycles. The summed E-state index contributed by atoms with van der Waals surface area (Å²) in [5, 5.41) is 0.855. The zero-order valence-corrected chi connectivity index (χ0v) is 18.6. The van der Waals surface area contributed by atoms with Crippen LogP contribution in [0.3, 0.4) is 0 Å². The minimum absolute atomic E-state index is 0.213. The molecular weight excluding hydrogens is 389 g/mol. The smallest absolute Gasteiger partial charge is 0.123 e. The lowest BCUT2D eigenvalue weighted by Crippen LogP contribution is -2.38. The van der Waals surface area contributed by atoms with Crippen molar-refractivity contribution >= 4 is 10.9 Å². The molecule has 0 aliphatic carbocycles. The first kappa shape index (κ1) is 21.7. The number of ether oxygens (including phenoxy) is 1. The van der Waals surface area contributed by atoms with Gasteiger partial charge in [-0.15, -0.1) is 0 Å². The van der Waals surface area contributed by atoms with E-state index in [1.807, 2.05) is 24.3 Å². The normalized spacial score (nSPS) is 15.6. The lowest BCUT2D eigenvalue weighted by Gasteiger charge is -2.34. The summed E-state index contributed by atoms with van der Waals surface area (Å²) in [6.45, 7) is 5.39. The number of halogens is 1. The van der Waals surface area contributed by atoms with Crippen LogP contribution in [0, 0.1) is 11.7 Å². The van der Waals surface area contributed by atoms with E-state index < -0.39 is 0 Å². The van der Waals surface area contributed by atoms with Gasteiger partial charge in [-0.3, -0.25) is 4.98 Å². The van der Waals surface area contributed by atoms with Crippen LogP contribution in [0.1, 0.15) is 24.1 Å². The quantitative estimate of drug-likeness (QED) is 0.524. The fraction of sp³-hybridized carbons (Fsp3) is 0.423. The van der Waals surface area contributed by atoms with E-state index in [2.05, 4.69) is 29.0 Å². The van der Waals surface area contributed by atoms with Gasteiger partial charge in [0.2, 0.25) is 0 Å². The van der Waals surface area contributed by atoms with Crippen LogP contribution in [0.5, 0.6) is 5.75 Å². The van der Waals surface area contributed by atoms with Crippen molar-refractivity contribution in [2.75, 3.05) is 40.3 Å². The molecule has 0 atom stereocenters. The maximum Gasteiger partial charge on any atom is 0.123 e. The summed E-state index contributed by atoms with van der Waals surface area (Å²) < 4.78 is 18.6. The highest BCUT2D eigenvalue weighted by atomic mass is 19.1. The molecule has 0 radical (unpaired) electrons. The largest absolute Gasteiger partial charge is 0.497 e. The van der Waals surface area contributed by atoms with Crippen LogP contribution >= 0.6 is 0 Å². The molecule has 1 aliphatic rings. The molecule has 1 aliphatic heterocycles. The SMILES string of the molecule is COc1ccc(CCN2CCC(CN(C)Cc3ccc4cc(F)ccc4n3)CC2)cc1. The van der Waals surface area contributed by atoms with Gasteiger partial charge in [-0.1, -0.05) is 18.2 Å². The van der Waals surface area contributed by atoms with Gasteiger partial charge >= 0.3 is 0 Å². The predicted octanol–water partition coefficient (Wildman–Crippen LogP) is 4.77. The van der Waals surface area contributed by atoms with Gasteiger partial charge in [-0.25, -0.2) is 4.39 Å². The van der Waals surface area contributed by atoms with Crippen molar-refractivity contribution < 1.29 is 9.13 Å². The zero-order chi connectivity index (χ0) is 21.6. The molecule has 0 bridgehead atoms. The molecule has 5 heteroatoms. The van der Waals surface area contributed by atoms with Crippen LogP contribution < -0.4 is 4.74 Å². The molecule has 1 aromatic heterocycles. The summed E-state index contributed by atoms with van der Waals surface area (Å²) in [6.07, 6.45) is 3.58. The Kier molecular flexibility index (Phi) is 7.15. The number of benzene rings is 2. The summed E-state index contributed by atoms with van der Waals surface area (Å²) in [7, 11) is 3.88. The van der Waals surface area contributed by atoms with Gasteiger partial charge in [0.15, 0.2) is 0 Å². The molecule has 4 nitrogen and oxygen atoms in total. The molecule has 0 unspecified atom stereocenters. The fourth-order valence-electron chi connectivity index (χ4n) is 4.48. The standard InChI is InChI=1S/C26H32FN3O/c1-29(19-24-7-5-22-17-23(27)6-10-26(22)28-24)18-21-12-15-30(16-13-21)14-11-20-3-8-25(31-2)9-4-20/h3-10,17,21H,11-16,18-19H2,1-2H3. The maximum absolute atomic E-state index is 13.4. The Morgan fingerprint density at radius 2 is 1.84 bits per heavy atom. The van der Waals surface area contributed by atoms with Crippen molar-refractivity contribution in [3.05, 3.63) is 71.7 Å². The van der Waals surface area contributed by atoms with Crippen LogP contribution in [0.25, 0.3) is 10.9 Å². The Morgan fingerprint density at radius 1 is 1.06 bits per heavy atom. The third kappa shape index (κ3) is 6.02. The molecule has 3 aromatic rings. The van der Waals surface area contributed by atoms with Crippen molar-refractivity contribution in [3.8, 4) is 5.75 Å². The molecule has 0 amide bonds. The third-order valence-corrected chi connectivity index (χ3v) is 6.29. The Hall–Kier alpha value is -2.50. The van der Waals surface area contributed by atoms with Crippen molar-refractivity contribution in [2.45, 2.75) is 25.8 Å². The van der Waals surface area contributed by atoms with Crippen molar-refractivity contribution in [2.24, 2.45) is 5.92 Å². The average molecular weight is 422 g/mol. The molecule has 164 valence electrons. The van der Waals surface area contributed by atoms with Crippen LogP contribution in [0.4, 0.5) is 4.39 Å². The molecular formula is C26H32FN3O. The van der Waals surface area contributed by atoms with Gasteiger partial charge < -0.3 is 14.5 Å². The van der Waals surface area contributed by atoms with Crippen LogP contribution in [0.15, 0.2) is 54.6 Å². The van der Waals surface area contributed by atoms with Crippen molar-refractivity contribution in [3.63, 3.8) is 0 Å². The fourth-order valence-corrected chi connectivity index (χ4v) is 4.48. The van der Waals surface area contributed by atoms with Gasteiger partial charge in [0.1, 0.15) is 11.6 Å². The number of methoxy groups -OCH3 is 1. The monoisotopic (exact) mass is 421 g/mol. The number of hydrogen-bond acceptors (Lipinski definition) is 4. The first-order valence-corrected chi connectivity index (χ1v) is 11.2. The average Bonchev–Trinajstić information content (AvgIpc) is 2.79. The lowest BCUT2D eigenvalue weighted by atomic mass is 9.96. The van der Waals surface area contributed by atoms with E-state index in [0.717, 1.165) is 54.3 Å². The summed E-state index contributed by atoms with van der Waals surface area (Å²) >= 11 is 0. The number of aromatic nitrogens is 1. The molecule has 0 N–H and O–H groups in total. The zero-order valence-electron chi connectivity index (χ0n) is 18.6. The lowest BCUT2D eigenvalue weighted by molar-refractivity contribution is 0.153. The first-order valence-electron chi connectivity index (χ1n) is 11.2. The van der Waals surface area contributed by atoms with Gasteiger partial charge in [-0.05, 0) is 87.3 Å². The highest BCUT2D eigenvalue weighted by Gasteiger charge is 2.20. The van der Waals surface area contributed by atoms with E-state index in [1.54, 1.807) is 13.2 Å². The molecule has 0 saturated carbocycles. The number of piperidine rings is 1. The minimum Gasteiger partial charge on any atom is -0.497 e. The third-order valence-electron chi connectivity index (χ3n) is 6.29. The molecule has 4 rings (SSSR count). The molecule has 2 aromatic carbocycles. The van der Waals surface area contributed by atoms with Gasteiger partial charge in [0, 0.05) is 25.0 Å². The second kappa shape index (κ2) is 10.2.